The van der Waals surface area contributed by atoms with Crippen LogP contribution in [0.2, 0.25) is 0 Å². The fourth-order valence-corrected chi connectivity index (χ4v) is 2.01. The predicted molar refractivity (Wildman–Crippen MR) is 65.7 cm³/mol. The minimum Gasteiger partial charge on any atom is -0.488 e. The summed E-state index contributed by atoms with van der Waals surface area (Å²) in [6.07, 6.45) is 0. The zero-order valence-electron chi connectivity index (χ0n) is 10.3. The van der Waals surface area contributed by atoms with Gasteiger partial charge in [0.1, 0.15) is 12.4 Å². The van der Waals surface area contributed by atoms with Crippen molar-refractivity contribution in [3.8, 4) is 5.75 Å². The zero-order valence-corrected chi connectivity index (χ0v) is 10.3. The summed E-state index contributed by atoms with van der Waals surface area (Å²) in [5.74, 6) is 0.447. The third-order valence-electron chi connectivity index (χ3n) is 3.26. The topological polar surface area (TPSA) is 35.5 Å². The normalized spacial score (nSPS) is 18.1. The average Bonchev–Trinajstić information content (AvgIpc) is 2.79. The number of para-hydroxylation sites is 1. The molecule has 0 N–H and O–H groups in total. The number of carbonyl (C=O) groups excluding carboxylic acids is 1. The molecule has 1 aromatic rings. The summed E-state index contributed by atoms with van der Waals surface area (Å²) in [6.45, 7) is 4.35. The third-order valence-corrected chi connectivity index (χ3v) is 3.26. The lowest BCUT2D eigenvalue weighted by Gasteiger charge is -2.12. The highest BCUT2D eigenvalue weighted by atomic mass is 16.5. The number of hydrogen-bond donors (Lipinski definition) is 0. The highest BCUT2D eigenvalue weighted by Crippen LogP contribution is 2.36. The van der Waals surface area contributed by atoms with Gasteiger partial charge in [0.15, 0.2) is 0 Å². The molecule has 0 fully saturated rings. The first-order chi connectivity index (χ1) is 8.15. The molecule has 90 valence electrons. The van der Waals surface area contributed by atoms with E-state index in [1.165, 1.54) is 7.11 Å². The molecule has 1 heterocycles. The quantitative estimate of drug-likeness (QED) is 0.735. The number of hydrogen-bond acceptors (Lipinski definition) is 3. The van der Waals surface area contributed by atoms with Crippen molar-refractivity contribution >= 4 is 11.5 Å². The van der Waals surface area contributed by atoms with Crippen molar-refractivity contribution in [2.45, 2.75) is 13.8 Å². The largest absolute Gasteiger partial charge is 0.488 e. The van der Waals surface area contributed by atoms with E-state index < -0.39 is 0 Å². The Bertz CT molecular complexity index is 474. The van der Waals surface area contributed by atoms with Crippen LogP contribution in [0.4, 0.5) is 0 Å². The van der Waals surface area contributed by atoms with Crippen LogP contribution in [0.5, 0.6) is 5.75 Å². The number of fused-ring (bicyclic) bond motifs is 1. The molecule has 1 aliphatic heterocycles. The summed E-state index contributed by atoms with van der Waals surface area (Å²) in [7, 11) is 1.41. The predicted octanol–water partition coefficient (Wildman–Crippen LogP) is 2.66. The molecule has 0 aliphatic carbocycles. The summed E-state index contributed by atoms with van der Waals surface area (Å²) in [5, 5.41) is 0. The number of carbonyl (C=O) groups is 1. The van der Waals surface area contributed by atoms with Crippen LogP contribution in [-0.4, -0.2) is 19.7 Å². The lowest BCUT2D eigenvalue weighted by atomic mass is 9.94. The number of ether oxygens (including phenoxy) is 2. The molecule has 0 radical (unpaired) electrons. The molecular formula is C14H16O3. The molecule has 0 bridgehead atoms. The minimum absolute atomic E-state index is 0.209. The van der Waals surface area contributed by atoms with Gasteiger partial charge in [0, 0.05) is 5.56 Å². The van der Waals surface area contributed by atoms with E-state index in [2.05, 4.69) is 0 Å². The maximum absolute atomic E-state index is 11.5. The van der Waals surface area contributed by atoms with E-state index in [9.17, 15) is 4.79 Å². The molecule has 0 aromatic heterocycles. The molecule has 1 unspecified atom stereocenters. The lowest BCUT2D eigenvalue weighted by Crippen LogP contribution is -2.15. The van der Waals surface area contributed by atoms with E-state index >= 15 is 0 Å². The molecule has 3 heteroatoms. The van der Waals surface area contributed by atoms with E-state index in [1.807, 2.05) is 38.1 Å². The van der Waals surface area contributed by atoms with Gasteiger partial charge in [0.05, 0.1) is 13.0 Å². The van der Waals surface area contributed by atoms with Gasteiger partial charge in [0.2, 0.25) is 0 Å². The standard InChI is InChI=1S/C14H16O3/c1-9(10(2)14(15)16-3)12-8-17-13-7-5-4-6-11(12)13/h4-7,10H,8H2,1-3H3/b12-9-. The maximum atomic E-state index is 11.5. The highest BCUT2D eigenvalue weighted by molar-refractivity contribution is 5.83. The van der Waals surface area contributed by atoms with Gasteiger partial charge >= 0.3 is 5.97 Å². The van der Waals surface area contributed by atoms with Crippen molar-refractivity contribution in [3.05, 3.63) is 35.4 Å². The van der Waals surface area contributed by atoms with E-state index in [-0.39, 0.29) is 11.9 Å². The maximum Gasteiger partial charge on any atom is 0.312 e. The SMILES string of the molecule is COC(=O)C(C)/C(C)=C1/COc2ccccc21. The molecule has 1 aromatic carbocycles. The number of methoxy groups -OCH3 is 1. The highest BCUT2D eigenvalue weighted by Gasteiger charge is 2.24. The van der Waals surface area contributed by atoms with Crippen LogP contribution in [0.3, 0.4) is 0 Å². The van der Waals surface area contributed by atoms with Crippen LogP contribution in [0, 0.1) is 5.92 Å². The Hall–Kier alpha value is -1.77. The second kappa shape index (κ2) is 4.62. The van der Waals surface area contributed by atoms with Crippen LogP contribution in [0.25, 0.3) is 5.57 Å². The van der Waals surface area contributed by atoms with Crippen LogP contribution < -0.4 is 4.74 Å². The molecular weight excluding hydrogens is 216 g/mol. The van der Waals surface area contributed by atoms with E-state index in [4.69, 9.17) is 9.47 Å². The van der Waals surface area contributed by atoms with Gasteiger partial charge < -0.3 is 9.47 Å². The minimum atomic E-state index is -0.232. The summed E-state index contributed by atoms with van der Waals surface area (Å²) < 4.78 is 10.4. The van der Waals surface area contributed by atoms with Crippen LogP contribution >= 0.6 is 0 Å². The van der Waals surface area contributed by atoms with Crippen molar-refractivity contribution in [1.82, 2.24) is 0 Å². The van der Waals surface area contributed by atoms with E-state index in [0.29, 0.717) is 6.61 Å². The Kier molecular flexibility index (Phi) is 3.18. The Morgan fingerprint density at radius 1 is 1.41 bits per heavy atom. The number of benzene rings is 1. The van der Waals surface area contributed by atoms with Crippen LogP contribution in [0.1, 0.15) is 19.4 Å². The Morgan fingerprint density at radius 2 is 2.12 bits per heavy atom. The van der Waals surface area contributed by atoms with Crippen molar-refractivity contribution < 1.29 is 14.3 Å². The number of esters is 1. The molecule has 2 rings (SSSR count). The Labute approximate surface area is 101 Å². The smallest absolute Gasteiger partial charge is 0.312 e. The lowest BCUT2D eigenvalue weighted by molar-refractivity contribution is -0.143. The summed E-state index contributed by atoms with van der Waals surface area (Å²) in [4.78, 5) is 11.5. The zero-order chi connectivity index (χ0) is 12.4. The molecule has 1 aliphatic rings. The van der Waals surface area contributed by atoms with Crippen molar-refractivity contribution in [2.24, 2.45) is 5.92 Å². The van der Waals surface area contributed by atoms with Crippen LogP contribution in [0.15, 0.2) is 29.8 Å². The molecule has 0 saturated heterocycles. The molecule has 0 amide bonds. The Balaban J connectivity index is 2.38. The van der Waals surface area contributed by atoms with Crippen molar-refractivity contribution in [3.63, 3.8) is 0 Å². The molecule has 3 nitrogen and oxygen atoms in total. The Morgan fingerprint density at radius 3 is 2.82 bits per heavy atom. The first-order valence-corrected chi connectivity index (χ1v) is 5.64. The third kappa shape index (κ3) is 2.05. The molecule has 0 spiro atoms. The average molecular weight is 232 g/mol. The van der Waals surface area contributed by atoms with Crippen LogP contribution in [-0.2, 0) is 9.53 Å². The fraction of sp³-hybridized carbons (Fsp3) is 0.357. The summed E-state index contributed by atoms with van der Waals surface area (Å²) in [5.41, 5.74) is 3.20. The number of rotatable bonds is 2. The van der Waals surface area contributed by atoms with Crippen molar-refractivity contribution in [1.29, 1.82) is 0 Å². The van der Waals surface area contributed by atoms with Gasteiger partial charge in [-0.25, -0.2) is 0 Å². The first-order valence-electron chi connectivity index (χ1n) is 5.64. The monoisotopic (exact) mass is 232 g/mol. The van der Waals surface area contributed by atoms with Crippen molar-refractivity contribution in [2.75, 3.05) is 13.7 Å². The summed E-state index contributed by atoms with van der Waals surface area (Å²) >= 11 is 0. The van der Waals surface area contributed by atoms with Gasteiger partial charge in [-0.3, -0.25) is 4.79 Å². The van der Waals surface area contributed by atoms with Gasteiger partial charge in [-0.2, -0.15) is 0 Å². The fourth-order valence-electron chi connectivity index (χ4n) is 2.01. The van der Waals surface area contributed by atoms with E-state index in [0.717, 1.165) is 22.5 Å². The molecule has 17 heavy (non-hydrogen) atoms. The second-order valence-corrected chi connectivity index (χ2v) is 4.19. The van der Waals surface area contributed by atoms with E-state index in [1.54, 1.807) is 0 Å². The van der Waals surface area contributed by atoms with Gasteiger partial charge in [0.25, 0.3) is 0 Å². The van der Waals surface area contributed by atoms with Gasteiger partial charge in [-0.15, -0.1) is 0 Å². The summed E-state index contributed by atoms with van der Waals surface area (Å²) in [6, 6.07) is 7.88. The van der Waals surface area contributed by atoms with Gasteiger partial charge in [-0.05, 0) is 25.5 Å². The molecule has 0 saturated carbocycles. The second-order valence-electron chi connectivity index (χ2n) is 4.19. The first kappa shape index (κ1) is 11.7. The molecule has 1 atom stereocenters. The van der Waals surface area contributed by atoms with Gasteiger partial charge in [-0.1, -0.05) is 23.8 Å².